The van der Waals surface area contributed by atoms with Crippen molar-refractivity contribution in [2.24, 2.45) is 5.73 Å². The molecule has 0 amide bonds. The second-order valence-corrected chi connectivity index (χ2v) is 5.40. The van der Waals surface area contributed by atoms with Gasteiger partial charge >= 0.3 is 0 Å². The number of para-hydroxylation sites is 1. The van der Waals surface area contributed by atoms with E-state index in [1.165, 1.54) is 11.1 Å². The first kappa shape index (κ1) is 14.9. The molecule has 0 bridgehead atoms. The zero-order valence-corrected chi connectivity index (χ0v) is 12.7. The van der Waals surface area contributed by atoms with Crippen LogP contribution < -0.4 is 10.5 Å². The molecular weight excluding hydrogens is 270 g/mol. The van der Waals surface area contributed by atoms with Crippen molar-refractivity contribution in [2.75, 3.05) is 0 Å². The molecule has 0 aliphatic carbocycles. The lowest BCUT2D eigenvalue weighted by Crippen LogP contribution is -2.21. The van der Waals surface area contributed by atoms with Gasteiger partial charge in [0.1, 0.15) is 11.5 Å². The van der Waals surface area contributed by atoms with Crippen molar-refractivity contribution in [3.8, 4) is 11.5 Å². The van der Waals surface area contributed by atoms with Crippen LogP contribution in [0.15, 0.2) is 42.5 Å². The summed E-state index contributed by atoms with van der Waals surface area (Å²) >= 11 is 6.09. The van der Waals surface area contributed by atoms with Gasteiger partial charge in [-0.05, 0) is 55.2 Å². The lowest BCUT2D eigenvalue weighted by atomic mass is 10.00. The first-order valence-electron chi connectivity index (χ1n) is 6.87. The SMILES string of the molecule is CCC(N)Cc1ccc(Oc2ccccc2Cl)cc1C. The third-order valence-corrected chi connectivity index (χ3v) is 3.70. The van der Waals surface area contributed by atoms with Crippen molar-refractivity contribution in [1.29, 1.82) is 0 Å². The van der Waals surface area contributed by atoms with Crippen LogP contribution in [0.2, 0.25) is 5.02 Å². The Morgan fingerprint density at radius 1 is 1.20 bits per heavy atom. The minimum absolute atomic E-state index is 0.212. The minimum Gasteiger partial charge on any atom is -0.456 e. The Balaban J connectivity index is 2.15. The highest BCUT2D eigenvalue weighted by Gasteiger charge is 2.07. The van der Waals surface area contributed by atoms with Crippen molar-refractivity contribution in [3.63, 3.8) is 0 Å². The van der Waals surface area contributed by atoms with Gasteiger partial charge in [0.25, 0.3) is 0 Å². The monoisotopic (exact) mass is 289 g/mol. The molecule has 2 nitrogen and oxygen atoms in total. The predicted octanol–water partition coefficient (Wildman–Crippen LogP) is 4.72. The maximum absolute atomic E-state index is 6.09. The minimum atomic E-state index is 0.212. The summed E-state index contributed by atoms with van der Waals surface area (Å²) in [7, 11) is 0. The molecule has 2 rings (SSSR count). The van der Waals surface area contributed by atoms with Crippen molar-refractivity contribution < 1.29 is 4.74 Å². The van der Waals surface area contributed by atoms with E-state index in [0.717, 1.165) is 18.6 Å². The van der Waals surface area contributed by atoms with Gasteiger partial charge in [0.2, 0.25) is 0 Å². The molecule has 0 aromatic heterocycles. The van der Waals surface area contributed by atoms with Crippen LogP contribution in [0, 0.1) is 6.92 Å². The van der Waals surface area contributed by atoms with E-state index >= 15 is 0 Å². The van der Waals surface area contributed by atoms with Crippen LogP contribution in [0.1, 0.15) is 24.5 Å². The largest absolute Gasteiger partial charge is 0.456 e. The molecule has 2 aromatic rings. The highest BCUT2D eigenvalue weighted by atomic mass is 35.5. The number of rotatable bonds is 5. The quantitative estimate of drug-likeness (QED) is 0.864. The van der Waals surface area contributed by atoms with Crippen LogP contribution in [-0.4, -0.2) is 6.04 Å². The van der Waals surface area contributed by atoms with Gasteiger partial charge in [0.05, 0.1) is 5.02 Å². The number of hydrogen-bond acceptors (Lipinski definition) is 2. The van der Waals surface area contributed by atoms with E-state index in [2.05, 4.69) is 19.9 Å². The number of ether oxygens (including phenoxy) is 1. The zero-order chi connectivity index (χ0) is 14.5. The van der Waals surface area contributed by atoms with Gasteiger partial charge in [0, 0.05) is 6.04 Å². The molecule has 0 spiro atoms. The van der Waals surface area contributed by atoms with Gasteiger partial charge in [-0.3, -0.25) is 0 Å². The molecule has 0 fully saturated rings. The number of benzene rings is 2. The molecular formula is C17H20ClNO. The second-order valence-electron chi connectivity index (χ2n) is 4.99. The summed E-state index contributed by atoms with van der Waals surface area (Å²) in [6, 6.07) is 13.8. The summed E-state index contributed by atoms with van der Waals surface area (Å²) in [5.41, 5.74) is 8.47. The molecule has 2 N–H and O–H groups in total. The summed E-state index contributed by atoms with van der Waals surface area (Å²) in [4.78, 5) is 0. The summed E-state index contributed by atoms with van der Waals surface area (Å²) < 4.78 is 5.81. The Labute approximate surface area is 125 Å². The fourth-order valence-corrected chi connectivity index (χ4v) is 2.22. The first-order chi connectivity index (χ1) is 9.60. The van der Waals surface area contributed by atoms with Gasteiger partial charge in [-0.2, -0.15) is 0 Å². The standard InChI is InChI=1S/C17H20ClNO/c1-3-14(19)11-13-8-9-15(10-12(13)2)20-17-7-5-4-6-16(17)18/h4-10,14H,3,11,19H2,1-2H3. The third kappa shape index (κ3) is 3.75. The van der Waals surface area contributed by atoms with Crippen molar-refractivity contribution in [2.45, 2.75) is 32.7 Å². The van der Waals surface area contributed by atoms with Gasteiger partial charge in [-0.1, -0.05) is 36.7 Å². The Kier molecular flexibility index (Phi) is 5.05. The van der Waals surface area contributed by atoms with Crippen LogP contribution in [0.25, 0.3) is 0 Å². The zero-order valence-electron chi connectivity index (χ0n) is 11.9. The number of aryl methyl sites for hydroxylation is 1. The van der Waals surface area contributed by atoms with Crippen molar-refractivity contribution in [3.05, 3.63) is 58.6 Å². The molecule has 0 heterocycles. The van der Waals surface area contributed by atoms with Gasteiger partial charge in [0.15, 0.2) is 0 Å². The van der Waals surface area contributed by atoms with Crippen LogP contribution >= 0.6 is 11.6 Å². The molecule has 0 aliphatic rings. The Morgan fingerprint density at radius 3 is 2.60 bits per heavy atom. The topological polar surface area (TPSA) is 35.2 Å². The van der Waals surface area contributed by atoms with Crippen molar-refractivity contribution in [1.82, 2.24) is 0 Å². The van der Waals surface area contributed by atoms with Gasteiger partial charge in [-0.15, -0.1) is 0 Å². The van der Waals surface area contributed by atoms with E-state index in [1.54, 1.807) is 0 Å². The third-order valence-electron chi connectivity index (χ3n) is 3.38. The predicted molar refractivity (Wildman–Crippen MR) is 84.7 cm³/mol. The lowest BCUT2D eigenvalue weighted by molar-refractivity contribution is 0.482. The maximum Gasteiger partial charge on any atom is 0.146 e. The average Bonchev–Trinajstić information content (AvgIpc) is 2.44. The molecule has 1 unspecified atom stereocenters. The van der Waals surface area contributed by atoms with Crippen LogP contribution in [0.3, 0.4) is 0 Å². The molecule has 0 saturated carbocycles. The highest BCUT2D eigenvalue weighted by Crippen LogP contribution is 2.30. The summed E-state index contributed by atoms with van der Waals surface area (Å²) in [6.45, 7) is 4.19. The van der Waals surface area contributed by atoms with E-state index in [9.17, 15) is 0 Å². The normalized spacial score (nSPS) is 12.2. The van der Waals surface area contributed by atoms with E-state index in [4.69, 9.17) is 22.1 Å². The van der Waals surface area contributed by atoms with Crippen LogP contribution in [0.5, 0.6) is 11.5 Å². The number of hydrogen-bond donors (Lipinski definition) is 1. The lowest BCUT2D eigenvalue weighted by Gasteiger charge is -2.13. The molecule has 3 heteroatoms. The van der Waals surface area contributed by atoms with Crippen LogP contribution in [0.4, 0.5) is 0 Å². The van der Waals surface area contributed by atoms with E-state index in [1.807, 2.05) is 36.4 Å². The molecule has 0 aliphatic heterocycles. The Morgan fingerprint density at radius 2 is 1.95 bits per heavy atom. The highest BCUT2D eigenvalue weighted by molar-refractivity contribution is 6.32. The Bertz CT molecular complexity index is 583. The second kappa shape index (κ2) is 6.78. The van der Waals surface area contributed by atoms with Gasteiger partial charge in [-0.25, -0.2) is 0 Å². The maximum atomic E-state index is 6.09. The smallest absolute Gasteiger partial charge is 0.146 e. The van der Waals surface area contributed by atoms with Crippen molar-refractivity contribution >= 4 is 11.6 Å². The first-order valence-corrected chi connectivity index (χ1v) is 7.25. The molecule has 1 atom stereocenters. The molecule has 2 aromatic carbocycles. The molecule has 20 heavy (non-hydrogen) atoms. The van der Waals surface area contributed by atoms with E-state index < -0.39 is 0 Å². The fraction of sp³-hybridized carbons (Fsp3) is 0.294. The average molecular weight is 290 g/mol. The van der Waals surface area contributed by atoms with E-state index in [0.29, 0.717) is 10.8 Å². The molecule has 106 valence electrons. The number of halogens is 1. The summed E-state index contributed by atoms with van der Waals surface area (Å²) in [5.74, 6) is 1.47. The van der Waals surface area contributed by atoms with Crippen LogP contribution in [-0.2, 0) is 6.42 Å². The van der Waals surface area contributed by atoms with Gasteiger partial charge < -0.3 is 10.5 Å². The molecule has 0 saturated heterocycles. The number of nitrogens with two attached hydrogens (primary N) is 1. The fourth-order valence-electron chi connectivity index (χ4n) is 2.04. The van der Waals surface area contributed by atoms with E-state index in [-0.39, 0.29) is 6.04 Å². The summed E-state index contributed by atoms with van der Waals surface area (Å²) in [6.07, 6.45) is 1.88. The summed E-state index contributed by atoms with van der Waals surface area (Å²) in [5, 5.41) is 0.613. The Hall–Kier alpha value is -1.51. The molecule has 0 radical (unpaired) electrons.